The molecule has 1 unspecified atom stereocenters. The average molecular weight is 222 g/mol. The molecule has 1 atom stereocenters. The molecule has 14 heavy (non-hydrogen) atoms. The van der Waals surface area contributed by atoms with Crippen LogP contribution in [0.2, 0.25) is 0 Å². The van der Waals surface area contributed by atoms with E-state index in [1.54, 1.807) is 0 Å². The van der Waals surface area contributed by atoms with Gasteiger partial charge in [0, 0.05) is 6.92 Å². The quantitative estimate of drug-likeness (QED) is 0.507. The van der Waals surface area contributed by atoms with Crippen LogP contribution >= 0.6 is 11.6 Å². The van der Waals surface area contributed by atoms with Gasteiger partial charge >= 0.3 is 5.97 Å². The largest absolute Gasteiger partial charge is 0.462 e. The van der Waals surface area contributed by atoms with Gasteiger partial charge in [0.1, 0.15) is 12.7 Å². The molecule has 5 nitrogen and oxygen atoms in total. The molecule has 0 aliphatic rings. The van der Waals surface area contributed by atoms with Gasteiger partial charge < -0.3 is 14.6 Å². The van der Waals surface area contributed by atoms with Crippen LogP contribution in [0.3, 0.4) is 0 Å². The van der Waals surface area contributed by atoms with Crippen molar-refractivity contribution >= 4 is 17.6 Å². The van der Waals surface area contributed by atoms with Crippen molar-refractivity contribution in [3.63, 3.8) is 0 Å². The van der Waals surface area contributed by atoms with Crippen LogP contribution in [-0.2, 0) is 14.3 Å². The van der Waals surface area contributed by atoms with Crippen molar-refractivity contribution in [1.29, 1.82) is 5.26 Å². The zero-order chi connectivity index (χ0) is 11.0. The summed E-state index contributed by atoms with van der Waals surface area (Å²) in [4.78, 5) is 10.5. The molecule has 0 fully saturated rings. The summed E-state index contributed by atoms with van der Waals surface area (Å²) in [5, 5.41) is 17.3. The van der Waals surface area contributed by atoms with E-state index in [2.05, 4.69) is 4.74 Å². The number of hydrogen-bond acceptors (Lipinski definition) is 5. The Balaban J connectivity index is 4.23. The van der Waals surface area contributed by atoms with Gasteiger partial charge in [-0.1, -0.05) is 0 Å². The van der Waals surface area contributed by atoms with Gasteiger partial charge in [0.2, 0.25) is 5.60 Å². The molecule has 80 valence electrons. The van der Waals surface area contributed by atoms with Crippen molar-refractivity contribution in [1.82, 2.24) is 0 Å². The van der Waals surface area contributed by atoms with Crippen molar-refractivity contribution < 1.29 is 19.4 Å². The Labute approximate surface area is 87.2 Å². The van der Waals surface area contributed by atoms with E-state index < -0.39 is 11.6 Å². The van der Waals surface area contributed by atoms with E-state index in [4.69, 9.17) is 26.7 Å². The fourth-order valence-corrected chi connectivity index (χ4v) is 0.887. The Morgan fingerprint density at radius 1 is 1.71 bits per heavy atom. The summed E-state index contributed by atoms with van der Waals surface area (Å²) in [6.45, 7) is 0.743. The fourth-order valence-electron chi connectivity index (χ4n) is 0.672. The second kappa shape index (κ2) is 6.60. The molecule has 0 aromatic heterocycles. The average Bonchev–Trinajstić information content (AvgIpc) is 2.19. The first-order chi connectivity index (χ1) is 6.60. The van der Waals surface area contributed by atoms with E-state index in [0.29, 0.717) is 0 Å². The van der Waals surface area contributed by atoms with Crippen molar-refractivity contribution in [2.75, 3.05) is 25.7 Å². The molecule has 0 amide bonds. The SMILES string of the molecule is CC(=O)OCC(C#N)(CCl)OCCO. The lowest BCUT2D eigenvalue weighted by molar-refractivity contribution is -0.148. The highest BCUT2D eigenvalue weighted by atomic mass is 35.5. The predicted octanol–water partition coefficient (Wildman–Crippen LogP) is 0.0596. The molecular weight excluding hydrogens is 210 g/mol. The lowest BCUT2D eigenvalue weighted by Gasteiger charge is -2.23. The number of aliphatic hydroxyl groups excluding tert-OH is 1. The van der Waals surface area contributed by atoms with Crippen molar-refractivity contribution in [3.05, 3.63) is 0 Å². The van der Waals surface area contributed by atoms with E-state index in [0.717, 1.165) is 0 Å². The number of aliphatic hydroxyl groups is 1. The second-order valence-electron chi connectivity index (χ2n) is 2.59. The summed E-state index contributed by atoms with van der Waals surface area (Å²) in [6.07, 6.45) is 0. The molecule has 0 aliphatic heterocycles. The lowest BCUT2D eigenvalue weighted by atomic mass is 10.1. The van der Waals surface area contributed by atoms with Crippen LogP contribution in [0.5, 0.6) is 0 Å². The molecule has 0 spiro atoms. The number of halogens is 1. The maximum Gasteiger partial charge on any atom is 0.302 e. The Morgan fingerprint density at radius 3 is 2.71 bits per heavy atom. The molecule has 0 rings (SSSR count). The van der Waals surface area contributed by atoms with Gasteiger partial charge in [0.25, 0.3) is 0 Å². The molecule has 0 aromatic carbocycles. The number of hydrogen-bond donors (Lipinski definition) is 1. The molecule has 0 saturated heterocycles. The predicted molar refractivity (Wildman–Crippen MR) is 48.7 cm³/mol. The smallest absolute Gasteiger partial charge is 0.302 e. The third-order valence-electron chi connectivity index (χ3n) is 1.40. The number of nitriles is 1. The highest BCUT2D eigenvalue weighted by molar-refractivity contribution is 6.18. The molecule has 0 heterocycles. The lowest BCUT2D eigenvalue weighted by Crippen LogP contribution is -2.40. The maximum absolute atomic E-state index is 10.5. The summed E-state index contributed by atoms with van der Waals surface area (Å²) >= 11 is 5.52. The highest BCUT2D eigenvalue weighted by Gasteiger charge is 2.31. The van der Waals surface area contributed by atoms with Crippen LogP contribution < -0.4 is 0 Å². The van der Waals surface area contributed by atoms with Crippen LogP contribution in [0.25, 0.3) is 0 Å². The van der Waals surface area contributed by atoms with Gasteiger partial charge in [-0.15, -0.1) is 11.6 Å². The second-order valence-corrected chi connectivity index (χ2v) is 2.86. The molecule has 0 aromatic rings. The zero-order valence-electron chi connectivity index (χ0n) is 7.83. The summed E-state index contributed by atoms with van der Waals surface area (Å²) in [6, 6.07) is 1.81. The van der Waals surface area contributed by atoms with E-state index in [9.17, 15) is 4.79 Å². The first kappa shape index (κ1) is 13.2. The molecule has 1 N–H and O–H groups in total. The fraction of sp³-hybridized carbons (Fsp3) is 0.750. The summed E-state index contributed by atoms with van der Waals surface area (Å²) in [5.41, 5.74) is -1.37. The van der Waals surface area contributed by atoms with Gasteiger partial charge in [0.15, 0.2) is 0 Å². The monoisotopic (exact) mass is 221 g/mol. The number of esters is 1. The summed E-state index contributed by atoms with van der Waals surface area (Å²) in [7, 11) is 0. The number of carbonyl (C=O) groups excluding carboxylic acids is 1. The standard InChI is InChI=1S/C8H12ClNO4/c1-7(12)13-6-8(4-9,5-10)14-3-2-11/h11H,2-4,6H2,1H3. The van der Waals surface area contributed by atoms with Crippen LogP contribution in [-0.4, -0.2) is 42.4 Å². The third-order valence-corrected chi connectivity index (χ3v) is 1.83. The van der Waals surface area contributed by atoms with Gasteiger partial charge in [-0.3, -0.25) is 4.79 Å². The summed E-state index contributed by atoms with van der Waals surface area (Å²) < 4.78 is 9.64. The molecule has 0 radical (unpaired) electrons. The Bertz CT molecular complexity index is 228. The first-order valence-corrected chi connectivity index (χ1v) is 4.49. The Hall–Kier alpha value is -0.830. The molecule has 0 aliphatic carbocycles. The third kappa shape index (κ3) is 4.42. The topological polar surface area (TPSA) is 79.6 Å². The number of carbonyl (C=O) groups is 1. The van der Waals surface area contributed by atoms with E-state index in [-0.39, 0.29) is 25.7 Å². The van der Waals surface area contributed by atoms with E-state index in [1.165, 1.54) is 6.92 Å². The van der Waals surface area contributed by atoms with E-state index >= 15 is 0 Å². The normalized spacial score (nSPS) is 14.1. The Morgan fingerprint density at radius 2 is 2.36 bits per heavy atom. The first-order valence-electron chi connectivity index (χ1n) is 3.95. The van der Waals surface area contributed by atoms with Crippen LogP contribution in [0.1, 0.15) is 6.92 Å². The van der Waals surface area contributed by atoms with Gasteiger partial charge in [-0.2, -0.15) is 5.26 Å². The maximum atomic E-state index is 10.5. The minimum atomic E-state index is -1.37. The van der Waals surface area contributed by atoms with Crippen LogP contribution in [0.4, 0.5) is 0 Å². The summed E-state index contributed by atoms with van der Waals surface area (Å²) in [5.74, 6) is -0.640. The number of alkyl halides is 1. The zero-order valence-corrected chi connectivity index (χ0v) is 8.58. The Kier molecular flexibility index (Phi) is 6.21. The van der Waals surface area contributed by atoms with Crippen LogP contribution in [0, 0.1) is 11.3 Å². The number of rotatable bonds is 6. The van der Waals surface area contributed by atoms with E-state index in [1.807, 2.05) is 6.07 Å². The van der Waals surface area contributed by atoms with Crippen molar-refractivity contribution in [2.45, 2.75) is 12.5 Å². The van der Waals surface area contributed by atoms with Crippen LogP contribution in [0.15, 0.2) is 0 Å². The van der Waals surface area contributed by atoms with Crippen molar-refractivity contribution in [2.24, 2.45) is 0 Å². The molecular formula is C8H12ClNO4. The minimum absolute atomic E-state index is 0.0262. The van der Waals surface area contributed by atoms with Gasteiger partial charge in [-0.05, 0) is 0 Å². The minimum Gasteiger partial charge on any atom is -0.462 e. The van der Waals surface area contributed by atoms with Crippen molar-refractivity contribution in [3.8, 4) is 6.07 Å². The number of nitrogens with zero attached hydrogens (tertiary/aromatic N) is 1. The number of ether oxygens (including phenoxy) is 2. The molecule has 0 bridgehead atoms. The van der Waals surface area contributed by atoms with Gasteiger partial charge in [0.05, 0.1) is 19.1 Å². The highest BCUT2D eigenvalue weighted by Crippen LogP contribution is 2.13. The molecule has 6 heteroatoms. The molecule has 0 saturated carbocycles. The van der Waals surface area contributed by atoms with Gasteiger partial charge in [-0.25, -0.2) is 0 Å².